The lowest BCUT2D eigenvalue weighted by atomic mass is 9.87. The van der Waals surface area contributed by atoms with Gasteiger partial charge in [-0.2, -0.15) is 0 Å². The van der Waals surface area contributed by atoms with Crippen molar-refractivity contribution in [3.63, 3.8) is 0 Å². The van der Waals surface area contributed by atoms with Crippen LogP contribution in [-0.4, -0.2) is 25.9 Å². The van der Waals surface area contributed by atoms with Gasteiger partial charge in [0.15, 0.2) is 9.84 Å². The maximum atomic E-state index is 13.4. The molecule has 2 aromatic carbocycles. The van der Waals surface area contributed by atoms with Crippen molar-refractivity contribution in [1.82, 2.24) is 10.3 Å². The van der Waals surface area contributed by atoms with E-state index in [9.17, 15) is 13.2 Å². The first kappa shape index (κ1) is 22.7. The number of nitrogens with one attached hydrogen (secondary N) is 1. The molecule has 0 spiro atoms. The number of benzene rings is 2. The predicted molar refractivity (Wildman–Crippen MR) is 123 cm³/mol. The van der Waals surface area contributed by atoms with E-state index >= 15 is 0 Å². The number of aryl methyl sites for hydroxylation is 1. The highest BCUT2D eigenvalue weighted by molar-refractivity contribution is 7.91. The van der Waals surface area contributed by atoms with Crippen LogP contribution in [0.2, 0.25) is 0 Å². The zero-order valence-corrected chi connectivity index (χ0v) is 19.1. The number of carbonyl (C=O) groups excluding carboxylic acids is 1. The Morgan fingerprint density at radius 2 is 1.65 bits per heavy atom. The molecule has 6 heteroatoms. The van der Waals surface area contributed by atoms with Crippen LogP contribution < -0.4 is 5.32 Å². The minimum absolute atomic E-state index is 0.0114. The molecule has 31 heavy (non-hydrogen) atoms. The number of nitrogens with zero attached hydrogens (tertiary/aromatic N) is 1. The van der Waals surface area contributed by atoms with Crippen molar-refractivity contribution in [3.05, 3.63) is 95.3 Å². The summed E-state index contributed by atoms with van der Waals surface area (Å²) in [7, 11) is -3.73. The molecule has 1 heterocycles. The van der Waals surface area contributed by atoms with Gasteiger partial charge < -0.3 is 5.32 Å². The Hall–Kier alpha value is -2.99. The first-order valence-corrected chi connectivity index (χ1v) is 11.7. The van der Waals surface area contributed by atoms with Crippen LogP contribution in [0.15, 0.2) is 78.0 Å². The third kappa shape index (κ3) is 5.39. The van der Waals surface area contributed by atoms with Crippen LogP contribution in [0.3, 0.4) is 0 Å². The summed E-state index contributed by atoms with van der Waals surface area (Å²) in [5.41, 5.74) is 3.11. The van der Waals surface area contributed by atoms with Gasteiger partial charge in [0.25, 0.3) is 5.91 Å². The van der Waals surface area contributed by atoms with E-state index in [1.807, 2.05) is 19.1 Å². The van der Waals surface area contributed by atoms with Gasteiger partial charge in [-0.3, -0.25) is 9.78 Å². The van der Waals surface area contributed by atoms with E-state index in [1.165, 1.54) is 6.20 Å². The lowest BCUT2D eigenvalue weighted by Crippen LogP contribution is -2.32. The molecular formula is C25H28N2O3S. The van der Waals surface area contributed by atoms with Gasteiger partial charge in [0.1, 0.15) is 5.25 Å². The predicted octanol–water partition coefficient (Wildman–Crippen LogP) is 4.63. The summed E-state index contributed by atoms with van der Waals surface area (Å²) in [4.78, 5) is 17.0. The highest BCUT2D eigenvalue weighted by atomic mass is 32.2. The maximum absolute atomic E-state index is 13.4. The van der Waals surface area contributed by atoms with Gasteiger partial charge in [0.05, 0.1) is 4.90 Å². The number of amides is 1. The number of sulfone groups is 1. The van der Waals surface area contributed by atoms with Gasteiger partial charge in [-0.25, -0.2) is 8.42 Å². The van der Waals surface area contributed by atoms with Crippen LogP contribution in [0.4, 0.5) is 0 Å². The van der Waals surface area contributed by atoms with E-state index in [0.29, 0.717) is 11.1 Å². The van der Waals surface area contributed by atoms with Crippen LogP contribution in [-0.2, 0) is 15.3 Å². The molecule has 0 radical (unpaired) electrons. The van der Waals surface area contributed by atoms with Crippen LogP contribution in [0.5, 0.6) is 0 Å². The van der Waals surface area contributed by atoms with Crippen molar-refractivity contribution < 1.29 is 13.2 Å². The number of aromatic nitrogens is 1. The summed E-state index contributed by atoms with van der Waals surface area (Å²) in [5.74, 6) is -0.312. The molecule has 1 N–H and O–H groups in total. The monoisotopic (exact) mass is 436 g/mol. The number of hydrogen-bond donors (Lipinski definition) is 1. The molecule has 1 atom stereocenters. The fourth-order valence-corrected chi connectivity index (χ4v) is 4.92. The lowest BCUT2D eigenvalue weighted by Gasteiger charge is -2.20. The molecule has 3 aromatic rings. The first-order valence-electron chi connectivity index (χ1n) is 10.2. The molecule has 1 unspecified atom stereocenters. The Labute approximate surface area is 184 Å². The summed E-state index contributed by atoms with van der Waals surface area (Å²) >= 11 is 0. The van der Waals surface area contributed by atoms with Crippen molar-refractivity contribution in [3.8, 4) is 0 Å². The number of rotatable bonds is 6. The third-order valence-corrected chi connectivity index (χ3v) is 7.36. The molecule has 0 aliphatic carbocycles. The Morgan fingerprint density at radius 3 is 2.19 bits per heavy atom. The van der Waals surface area contributed by atoms with Gasteiger partial charge in [-0.15, -0.1) is 0 Å². The van der Waals surface area contributed by atoms with E-state index < -0.39 is 15.1 Å². The smallest absolute Gasteiger partial charge is 0.251 e. The fourth-order valence-electron chi connectivity index (χ4n) is 3.27. The molecular weight excluding hydrogens is 408 g/mol. The van der Waals surface area contributed by atoms with Crippen LogP contribution in [0.1, 0.15) is 53.1 Å². The van der Waals surface area contributed by atoms with E-state index in [-0.39, 0.29) is 22.8 Å². The second-order valence-electron chi connectivity index (χ2n) is 8.67. The van der Waals surface area contributed by atoms with Gasteiger partial charge >= 0.3 is 0 Å². The molecule has 162 valence electrons. The fraction of sp³-hybridized carbons (Fsp3) is 0.280. The molecule has 0 aliphatic rings. The molecule has 0 saturated heterocycles. The summed E-state index contributed by atoms with van der Waals surface area (Å²) in [5, 5.41) is 1.85. The Balaban J connectivity index is 1.84. The molecule has 3 rings (SSSR count). The summed E-state index contributed by atoms with van der Waals surface area (Å²) in [6.45, 7) is 8.17. The van der Waals surface area contributed by atoms with E-state index in [2.05, 4.69) is 31.1 Å². The van der Waals surface area contributed by atoms with Gasteiger partial charge in [-0.1, -0.05) is 56.7 Å². The van der Waals surface area contributed by atoms with E-state index in [1.54, 1.807) is 54.7 Å². The second kappa shape index (κ2) is 9.02. The number of pyridine rings is 1. The van der Waals surface area contributed by atoms with Crippen LogP contribution >= 0.6 is 0 Å². The minimum atomic E-state index is -3.73. The first-order chi connectivity index (χ1) is 14.6. The summed E-state index contributed by atoms with van der Waals surface area (Å²) in [6, 6.07) is 17.5. The highest BCUT2D eigenvalue weighted by Gasteiger charge is 2.30. The molecule has 1 aromatic heterocycles. The molecule has 5 nitrogen and oxygen atoms in total. The van der Waals surface area contributed by atoms with Crippen molar-refractivity contribution in [2.75, 3.05) is 6.54 Å². The van der Waals surface area contributed by atoms with Crippen LogP contribution in [0, 0.1) is 6.92 Å². The lowest BCUT2D eigenvalue weighted by molar-refractivity contribution is 0.0953. The zero-order chi connectivity index (χ0) is 22.6. The van der Waals surface area contributed by atoms with E-state index in [4.69, 9.17) is 0 Å². The largest absolute Gasteiger partial charge is 0.350 e. The van der Waals surface area contributed by atoms with Crippen molar-refractivity contribution in [2.45, 2.75) is 43.3 Å². The standard InChI is InChI=1S/C25H28N2O3S/c1-18-7-13-22(14-8-18)31(29,30)23(20-6-5-15-26-16-20)17-27-24(28)19-9-11-21(12-10-19)25(2,3)4/h5-16,23H,17H2,1-4H3,(H,27,28). The Morgan fingerprint density at radius 1 is 1.00 bits per heavy atom. The van der Waals surface area contributed by atoms with Gasteiger partial charge in [0, 0.05) is 24.5 Å². The molecule has 0 bridgehead atoms. The zero-order valence-electron chi connectivity index (χ0n) is 18.3. The van der Waals surface area contributed by atoms with Gasteiger partial charge in [0.2, 0.25) is 0 Å². The Kier molecular flexibility index (Phi) is 6.60. The average Bonchev–Trinajstić information content (AvgIpc) is 2.74. The average molecular weight is 437 g/mol. The molecule has 0 saturated carbocycles. The summed E-state index contributed by atoms with van der Waals surface area (Å²) in [6.07, 6.45) is 3.12. The van der Waals surface area contributed by atoms with Crippen molar-refractivity contribution in [1.29, 1.82) is 0 Å². The topological polar surface area (TPSA) is 76.1 Å². The highest BCUT2D eigenvalue weighted by Crippen LogP contribution is 2.28. The number of hydrogen-bond acceptors (Lipinski definition) is 4. The Bertz CT molecular complexity index is 1130. The summed E-state index contributed by atoms with van der Waals surface area (Å²) < 4.78 is 26.7. The SMILES string of the molecule is Cc1ccc(S(=O)(=O)C(CNC(=O)c2ccc(C(C)(C)C)cc2)c2cccnc2)cc1. The van der Waals surface area contributed by atoms with Crippen LogP contribution in [0.25, 0.3) is 0 Å². The minimum Gasteiger partial charge on any atom is -0.350 e. The quantitative estimate of drug-likeness (QED) is 0.611. The van der Waals surface area contributed by atoms with Gasteiger partial charge in [-0.05, 0) is 53.8 Å². The molecule has 1 amide bonds. The van der Waals surface area contributed by atoms with Crippen molar-refractivity contribution in [2.24, 2.45) is 0 Å². The third-order valence-electron chi connectivity index (χ3n) is 5.24. The molecule has 0 aliphatic heterocycles. The normalized spacial score (nSPS) is 12.9. The second-order valence-corrected chi connectivity index (χ2v) is 10.8. The van der Waals surface area contributed by atoms with E-state index in [0.717, 1.165) is 11.1 Å². The maximum Gasteiger partial charge on any atom is 0.251 e. The molecule has 0 fully saturated rings. The van der Waals surface area contributed by atoms with Crippen molar-refractivity contribution >= 4 is 15.7 Å². The number of carbonyl (C=O) groups is 1.